The Balaban J connectivity index is 1.89. The highest BCUT2D eigenvalue weighted by Crippen LogP contribution is 2.21. The summed E-state index contributed by atoms with van der Waals surface area (Å²) in [5, 5.41) is 3.47. The van der Waals surface area contributed by atoms with Crippen molar-refractivity contribution in [3.63, 3.8) is 0 Å². The normalized spacial score (nSPS) is 24.7. The highest BCUT2D eigenvalue weighted by atomic mass is 127. The largest absolute Gasteiger partial charge is 0.382 e. The molecule has 3 heteroatoms. The zero-order chi connectivity index (χ0) is 11.5. The monoisotopic (exact) mass is 331 g/mol. The Bertz CT molecular complexity index is 367. The van der Waals surface area contributed by atoms with E-state index in [0.717, 1.165) is 6.54 Å². The first-order valence-electron chi connectivity index (χ1n) is 5.80. The third-order valence-corrected chi connectivity index (χ3v) is 3.70. The van der Waals surface area contributed by atoms with Crippen molar-refractivity contribution in [2.24, 2.45) is 0 Å². The summed E-state index contributed by atoms with van der Waals surface area (Å²) in [6.07, 6.45) is 3.19. The van der Waals surface area contributed by atoms with E-state index in [0.29, 0.717) is 12.2 Å². The second kappa shape index (κ2) is 5.36. The molecule has 0 bridgehead atoms. The van der Waals surface area contributed by atoms with E-state index in [2.05, 4.69) is 60.0 Å². The first-order valence-corrected chi connectivity index (χ1v) is 6.88. The molecule has 0 aromatic heterocycles. The Kier molecular flexibility index (Phi) is 4.08. The van der Waals surface area contributed by atoms with Gasteiger partial charge in [0.25, 0.3) is 0 Å². The van der Waals surface area contributed by atoms with Crippen LogP contribution in [0, 0.1) is 10.5 Å². The van der Waals surface area contributed by atoms with Gasteiger partial charge in [-0.3, -0.25) is 0 Å². The van der Waals surface area contributed by atoms with Gasteiger partial charge in [0, 0.05) is 15.8 Å². The summed E-state index contributed by atoms with van der Waals surface area (Å²) >= 11 is 2.34. The highest BCUT2D eigenvalue weighted by molar-refractivity contribution is 14.1. The lowest BCUT2D eigenvalue weighted by molar-refractivity contribution is 0.0637. The van der Waals surface area contributed by atoms with Gasteiger partial charge in [0.05, 0.1) is 12.2 Å². The average Bonchev–Trinajstić information content (AvgIpc) is 2.63. The van der Waals surface area contributed by atoms with Gasteiger partial charge in [-0.15, -0.1) is 0 Å². The number of anilines is 1. The fourth-order valence-electron chi connectivity index (χ4n) is 2.08. The van der Waals surface area contributed by atoms with Gasteiger partial charge < -0.3 is 10.1 Å². The van der Waals surface area contributed by atoms with Crippen molar-refractivity contribution in [1.82, 2.24) is 0 Å². The Labute approximate surface area is 111 Å². The van der Waals surface area contributed by atoms with Crippen LogP contribution in [0.3, 0.4) is 0 Å². The molecule has 1 aromatic rings. The maximum absolute atomic E-state index is 5.78. The standard InChI is InChI=1S/C13H18INO/c1-9-7-11(14)4-6-13(9)15-8-12-5-3-10(2)16-12/h4,6-7,10,12,15H,3,5,8H2,1-2H3. The molecule has 2 nitrogen and oxygen atoms in total. The molecule has 0 amide bonds. The molecule has 2 unspecified atom stereocenters. The Morgan fingerprint density at radius 2 is 2.25 bits per heavy atom. The van der Waals surface area contributed by atoms with Crippen LogP contribution in [0.2, 0.25) is 0 Å². The summed E-state index contributed by atoms with van der Waals surface area (Å²) in [6.45, 7) is 5.21. The number of aryl methyl sites for hydroxylation is 1. The number of hydrogen-bond donors (Lipinski definition) is 1. The van der Waals surface area contributed by atoms with Crippen molar-refractivity contribution in [3.05, 3.63) is 27.3 Å². The van der Waals surface area contributed by atoms with E-state index in [-0.39, 0.29) is 0 Å². The number of hydrogen-bond acceptors (Lipinski definition) is 2. The molecule has 1 aliphatic rings. The number of halogens is 1. The highest BCUT2D eigenvalue weighted by Gasteiger charge is 2.21. The second-order valence-electron chi connectivity index (χ2n) is 4.49. The van der Waals surface area contributed by atoms with E-state index in [4.69, 9.17) is 4.74 Å². The maximum Gasteiger partial charge on any atom is 0.0751 e. The second-order valence-corrected chi connectivity index (χ2v) is 5.73. The van der Waals surface area contributed by atoms with Crippen LogP contribution in [0.5, 0.6) is 0 Å². The minimum Gasteiger partial charge on any atom is -0.382 e. The molecule has 2 atom stereocenters. The molecule has 0 spiro atoms. The van der Waals surface area contributed by atoms with Gasteiger partial charge in [0.1, 0.15) is 0 Å². The summed E-state index contributed by atoms with van der Waals surface area (Å²) in [5.74, 6) is 0. The van der Waals surface area contributed by atoms with Gasteiger partial charge in [0.2, 0.25) is 0 Å². The zero-order valence-electron chi connectivity index (χ0n) is 9.79. The lowest BCUT2D eigenvalue weighted by atomic mass is 10.2. The molecule has 16 heavy (non-hydrogen) atoms. The molecule has 1 fully saturated rings. The lowest BCUT2D eigenvalue weighted by Gasteiger charge is -2.14. The predicted octanol–water partition coefficient (Wildman–Crippen LogP) is 3.58. The number of nitrogens with one attached hydrogen (secondary N) is 1. The van der Waals surface area contributed by atoms with Crippen molar-refractivity contribution in [2.45, 2.75) is 38.9 Å². The quantitative estimate of drug-likeness (QED) is 0.855. The van der Waals surface area contributed by atoms with Gasteiger partial charge in [-0.2, -0.15) is 0 Å². The average molecular weight is 331 g/mol. The lowest BCUT2D eigenvalue weighted by Crippen LogP contribution is -2.20. The van der Waals surface area contributed by atoms with E-state index in [1.54, 1.807) is 0 Å². The third-order valence-electron chi connectivity index (χ3n) is 3.03. The van der Waals surface area contributed by atoms with E-state index in [1.807, 2.05) is 0 Å². The Morgan fingerprint density at radius 3 is 2.88 bits per heavy atom. The molecule has 88 valence electrons. The fraction of sp³-hybridized carbons (Fsp3) is 0.538. The smallest absolute Gasteiger partial charge is 0.0751 e. The first kappa shape index (κ1) is 12.2. The van der Waals surface area contributed by atoms with Crippen LogP contribution in [0.1, 0.15) is 25.3 Å². The molecule has 1 aromatic carbocycles. The van der Waals surface area contributed by atoms with Crippen LogP contribution in [0.25, 0.3) is 0 Å². The summed E-state index contributed by atoms with van der Waals surface area (Å²) in [7, 11) is 0. The molecule has 1 saturated heterocycles. The van der Waals surface area contributed by atoms with E-state index in [1.165, 1.54) is 27.7 Å². The van der Waals surface area contributed by atoms with Gasteiger partial charge in [-0.25, -0.2) is 0 Å². The molecule has 0 aliphatic carbocycles. The topological polar surface area (TPSA) is 21.3 Å². The molecule has 0 radical (unpaired) electrons. The van der Waals surface area contributed by atoms with Gasteiger partial charge in [-0.1, -0.05) is 0 Å². The van der Waals surface area contributed by atoms with Crippen LogP contribution >= 0.6 is 22.6 Å². The van der Waals surface area contributed by atoms with Crippen molar-refractivity contribution in [2.75, 3.05) is 11.9 Å². The minimum absolute atomic E-state index is 0.383. The Morgan fingerprint density at radius 1 is 1.44 bits per heavy atom. The summed E-state index contributed by atoms with van der Waals surface area (Å²) in [4.78, 5) is 0. The van der Waals surface area contributed by atoms with Crippen LogP contribution in [-0.4, -0.2) is 18.8 Å². The van der Waals surface area contributed by atoms with Crippen LogP contribution < -0.4 is 5.32 Å². The van der Waals surface area contributed by atoms with Crippen molar-refractivity contribution in [3.8, 4) is 0 Å². The van der Waals surface area contributed by atoms with Crippen LogP contribution in [0.4, 0.5) is 5.69 Å². The maximum atomic E-state index is 5.78. The van der Waals surface area contributed by atoms with Crippen LogP contribution in [-0.2, 0) is 4.74 Å². The van der Waals surface area contributed by atoms with Gasteiger partial charge >= 0.3 is 0 Å². The van der Waals surface area contributed by atoms with E-state index in [9.17, 15) is 0 Å². The van der Waals surface area contributed by atoms with Gasteiger partial charge in [0.15, 0.2) is 0 Å². The van der Waals surface area contributed by atoms with Crippen molar-refractivity contribution in [1.29, 1.82) is 0 Å². The summed E-state index contributed by atoms with van der Waals surface area (Å²) in [5.41, 5.74) is 2.53. The number of ether oxygens (including phenoxy) is 1. The molecule has 0 saturated carbocycles. The molecule has 2 rings (SSSR count). The number of benzene rings is 1. The molecular formula is C13H18INO. The fourth-order valence-corrected chi connectivity index (χ4v) is 2.73. The van der Waals surface area contributed by atoms with E-state index >= 15 is 0 Å². The van der Waals surface area contributed by atoms with Crippen LogP contribution in [0.15, 0.2) is 18.2 Å². The predicted molar refractivity (Wildman–Crippen MR) is 76.0 cm³/mol. The summed E-state index contributed by atoms with van der Waals surface area (Å²) in [6, 6.07) is 6.48. The molecule has 1 heterocycles. The van der Waals surface area contributed by atoms with Gasteiger partial charge in [-0.05, 0) is 73.0 Å². The first-order chi connectivity index (χ1) is 7.65. The molecule has 1 aliphatic heterocycles. The number of rotatable bonds is 3. The Hall–Kier alpha value is -0.290. The SMILES string of the molecule is Cc1cc(I)ccc1NCC1CCC(C)O1. The summed E-state index contributed by atoms with van der Waals surface area (Å²) < 4.78 is 7.07. The van der Waals surface area contributed by atoms with Crippen molar-refractivity contribution < 1.29 is 4.74 Å². The zero-order valence-corrected chi connectivity index (χ0v) is 12.0. The minimum atomic E-state index is 0.383. The molecule has 1 N–H and O–H groups in total. The van der Waals surface area contributed by atoms with Crippen molar-refractivity contribution >= 4 is 28.3 Å². The molecular weight excluding hydrogens is 313 g/mol. The third kappa shape index (κ3) is 3.10. The van der Waals surface area contributed by atoms with E-state index < -0.39 is 0 Å².